The Kier molecular flexibility index (Phi) is 4.71. The maximum Gasteiger partial charge on any atom is 0.264 e. The van der Waals surface area contributed by atoms with Gasteiger partial charge in [0.1, 0.15) is 11.3 Å². The van der Waals surface area contributed by atoms with E-state index in [-0.39, 0.29) is 12.0 Å². The van der Waals surface area contributed by atoms with Crippen LogP contribution in [0.1, 0.15) is 39.6 Å². The Morgan fingerprint density at radius 1 is 1.13 bits per heavy atom. The largest absolute Gasteiger partial charge is 0.344 e. The van der Waals surface area contributed by atoms with E-state index in [1.54, 1.807) is 12.3 Å². The summed E-state index contributed by atoms with van der Waals surface area (Å²) in [6, 6.07) is 4.15. The molecule has 1 atom stereocenters. The van der Waals surface area contributed by atoms with Gasteiger partial charge in [-0.05, 0) is 51.5 Å². The number of aryl methyl sites for hydroxylation is 1. The topological polar surface area (TPSA) is 60.0 Å². The third-order valence-corrected chi connectivity index (χ3v) is 5.28. The van der Waals surface area contributed by atoms with Crippen LogP contribution in [0.3, 0.4) is 0 Å². The van der Waals surface area contributed by atoms with Gasteiger partial charge in [0.2, 0.25) is 5.95 Å². The monoisotopic (exact) mass is 416 g/mol. The van der Waals surface area contributed by atoms with Gasteiger partial charge in [-0.2, -0.15) is 0 Å². The Hall–Kier alpha value is -3.10. The van der Waals surface area contributed by atoms with Crippen molar-refractivity contribution in [2.75, 3.05) is 5.32 Å². The van der Waals surface area contributed by atoms with E-state index in [0.717, 1.165) is 23.8 Å². The molecule has 0 aliphatic rings. The van der Waals surface area contributed by atoms with Crippen LogP contribution in [0.5, 0.6) is 0 Å². The molecule has 1 N–H and O–H groups in total. The fourth-order valence-electron chi connectivity index (χ4n) is 3.61. The third-order valence-electron chi connectivity index (χ3n) is 5.28. The van der Waals surface area contributed by atoms with E-state index in [0.29, 0.717) is 16.6 Å². The van der Waals surface area contributed by atoms with E-state index in [2.05, 4.69) is 20.4 Å². The van der Waals surface area contributed by atoms with Gasteiger partial charge >= 0.3 is 0 Å². The molecule has 0 amide bonds. The highest BCUT2D eigenvalue weighted by atomic mass is 19.3. The number of alkyl halides is 2. The van der Waals surface area contributed by atoms with Gasteiger partial charge in [-0.25, -0.2) is 27.7 Å². The molecule has 0 saturated carbocycles. The lowest BCUT2D eigenvalue weighted by Gasteiger charge is -2.20. The number of nitrogens with one attached hydrogen (secondary N) is 1. The minimum absolute atomic E-state index is 0.0915. The number of halogens is 3. The van der Waals surface area contributed by atoms with Crippen molar-refractivity contribution in [1.82, 2.24) is 24.1 Å². The first-order chi connectivity index (χ1) is 14.1. The average molecular weight is 416 g/mol. The fourth-order valence-corrected chi connectivity index (χ4v) is 3.61. The summed E-state index contributed by atoms with van der Waals surface area (Å²) in [5.41, 5.74) is 3.11. The van der Waals surface area contributed by atoms with Gasteiger partial charge in [0.15, 0.2) is 5.82 Å². The Bertz CT molecular complexity index is 1240. The molecular formula is C21H23F3N6. The molecule has 0 saturated heterocycles. The molecule has 0 radical (unpaired) electrons. The molecule has 3 heterocycles. The van der Waals surface area contributed by atoms with Gasteiger partial charge in [-0.3, -0.25) is 0 Å². The van der Waals surface area contributed by atoms with E-state index < -0.39 is 17.8 Å². The van der Waals surface area contributed by atoms with Gasteiger partial charge in [0.05, 0.1) is 23.3 Å². The summed E-state index contributed by atoms with van der Waals surface area (Å²) in [4.78, 5) is 8.53. The predicted octanol–water partition coefficient (Wildman–Crippen LogP) is 5.23. The van der Waals surface area contributed by atoms with Crippen LogP contribution in [-0.4, -0.2) is 36.1 Å². The lowest BCUT2D eigenvalue weighted by atomic mass is 10.1. The molecule has 30 heavy (non-hydrogen) atoms. The van der Waals surface area contributed by atoms with Gasteiger partial charge in [0.25, 0.3) is 5.92 Å². The normalized spacial score (nSPS) is 13.5. The van der Waals surface area contributed by atoms with Crippen LogP contribution in [0, 0.1) is 12.7 Å². The number of aromatic nitrogens is 5. The second-order valence-corrected chi connectivity index (χ2v) is 7.91. The number of hydrogen-bond acceptors (Lipinski definition) is 4. The molecule has 0 spiro atoms. The van der Waals surface area contributed by atoms with Gasteiger partial charge in [-0.15, -0.1) is 5.10 Å². The molecule has 3 aromatic heterocycles. The van der Waals surface area contributed by atoms with Gasteiger partial charge in [-0.1, -0.05) is 0 Å². The number of imidazole rings is 1. The zero-order valence-electron chi connectivity index (χ0n) is 17.4. The highest BCUT2D eigenvalue weighted by Crippen LogP contribution is 2.32. The van der Waals surface area contributed by atoms with Crippen molar-refractivity contribution in [3.63, 3.8) is 0 Å². The number of nitrogens with zero attached hydrogens (tertiary/aromatic N) is 5. The number of rotatable bonds is 5. The minimum Gasteiger partial charge on any atom is -0.344 e. The molecule has 0 unspecified atom stereocenters. The first-order valence-corrected chi connectivity index (χ1v) is 9.73. The van der Waals surface area contributed by atoms with E-state index in [9.17, 15) is 13.2 Å². The number of benzene rings is 1. The van der Waals surface area contributed by atoms with Crippen LogP contribution < -0.4 is 5.32 Å². The average Bonchev–Trinajstić information content (AvgIpc) is 3.21. The third kappa shape index (κ3) is 3.38. The number of fused-ring (bicyclic) bond motifs is 2. The summed E-state index contributed by atoms with van der Waals surface area (Å²) in [5, 5.41) is 6.87. The molecule has 0 fully saturated rings. The summed E-state index contributed by atoms with van der Waals surface area (Å²) in [7, 11) is 0. The second-order valence-electron chi connectivity index (χ2n) is 7.91. The highest BCUT2D eigenvalue weighted by molar-refractivity contribution is 5.88. The Balaban J connectivity index is 1.78. The van der Waals surface area contributed by atoms with Gasteiger partial charge < -0.3 is 9.88 Å². The van der Waals surface area contributed by atoms with Crippen LogP contribution in [0.2, 0.25) is 0 Å². The number of anilines is 1. The van der Waals surface area contributed by atoms with E-state index in [1.165, 1.54) is 23.7 Å². The van der Waals surface area contributed by atoms with Crippen LogP contribution in [-0.2, 0) is 0 Å². The van der Waals surface area contributed by atoms with Crippen molar-refractivity contribution < 1.29 is 13.2 Å². The maximum absolute atomic E-state index is 14.8. The smallest absolute Gasteiger partial charge is 0.264 e. The van der Waals surface area contributed by atoms with Crippen molar-refractivity contribution in [2.45, 2.75) is 52.6 Å². The molecular weight excluding hydrogens is 393 g/mol. The van der Waals surface area contributed by atoms with Crippen LogP contribution >= 0.6 is 0 Å². The fraction of sp³-hybridized carbons (Fsp3) is 0.381. The molecule has 0 bridgehead atoms. The van der Waals surface area contributed by atoms with E-state index in [4.69, 9.17) is 0 Å². The van der Waals surface area contributed by atoms with Crippen LogP contribution in [0.4, 0.5) is 19.1 Å². The van der Waals surface area contributed by atoms with Crippen molar-refractivity contribution in [3.8, 4) is 11.1 Å². The van der Waals surface area contributed by atoms with Gasteiger partial charge in [0, 0.05) is 24.7 Å². The van der Waals surface area contributed by atoms with Crippen molar-refractivity contribution in [3.05, 3.63) is 42.2 Å². The quantitative estimate of drug-likeness (QED) is 0.484. The SMILES string of the molecule is Cc1nc2c(F)cc(-c3ccn4nc(N[C@H](C)C(C)(F)F)ncc34)cc2n1C(C)C. The summed E-state index contributed by atoms with van der Waals surface area (Å²) in [5.74, 6) is -2.47. The van der Waals surface area contributed by atoms with E-state index >= 15 is 0 Å². The van der Waals surface area contributed by atoms with Crippen molar-refractivity contribution >= 4 is 22.5 Å². The first kappa shape index (κ1) is 20.2. The lowest BCUT2D eigenvalue weighted by molar-refractivity contribution is 0.00673. The van der Waals surface area contributed by atoms with Crippen LogP contribution in [0.25, 0.3) is 27.7 Å². The summed E-state index contributed by atoms with van der Waals surface area (Å²) >= 11 is 0. The molecule has 158 valence electrons. The number of hydrogen-bond donors (Lipinski definition) is 1. The summed E-state index contributed by atoms with van der Waals surface area (Å²) in [6.07, 6.45) is 3.23. The summed E-state index contributed by atoms with van der Waals surface area (Å²) in [6.45, 7) is 8.11. The molecule has 0 aliphatic heterocycles. The molecule has 4 rings (SSSR count). The maximum atomic E-state index is 14.8. The summed E-state index contributed by atoms with van der Waals surface area (Å²) < 4.78 is 45.2. The van der Waals surface area contributed by atoms with Crippen molar-refractivity contribution in [1.29, 1.82) is 0 Å². The first-order valence-electron chi connectivity index (χ1n) is 9.73. The zero-order valence-corrected chi connectivity index (χ0v) is 17.4. The standard InChI is InChI=1S/C21H23F3N6/c1-11(2)30-13(4)27-19-16(22)8-14(9-17(19)30)15-6-7-29-18(15)10-25-20(28-29)26-12(3)21(5,23)24/h6-12H,1-5H3,(H,26,28)/t12-/m1/s1. The lowest BCUT2D eigenvalue weighted by Crippen LogP contribution is -2.35. The Morgan fingerprint density at radius 3 is 2.53 bits per heavy atom. The Morgan fingerprint density at radius 2 is 1.87 bits per heavy atom. The zero-order chi connectivity index (χ0) is 21.8. The molecule has 9 heteroatoms. The Labute approximate surface area is 171 Å². The molecule has 0 aliphatic carbocycles. The van der Waals surface area contributed by atoms with Crippen molar-refractivity contribution in [2.24, 2.45) is 0 Å². The van der Waals surface area contributed by atoms with E-state index in [1.807, 2.05) is 31.4 Å². The minimum atomic E-state index is -2.91. The second kappa shape index (κ2) is 7.00. The molecule has 6 nitrogen and oxygen atoms in total. The molecule has 4 aromatic rings. The van der Waals surface area contributed by atoms with Crippen LogP contribution in [0.15, 0.2) is 30.6 Å². The molecule has 1 aromatic carbocycles. The highest BCUT2D eigenvalue weighted by Gasteiger charge is 2.30. The predicted molar refractivity (Wildman–Crippen MR) is 110 cm³/mol.